The maximum Gasteiger partial charge on any atom is 0.161 e. The van der Waals surface area contributed by atoms with E-state index in [-0.39, 0.29) is 10.3 Å². The Hall–Kier alpha value is -1.34. The minimum Gasteiger partial charge on any atom is -0.365 e. The molecule has 2 rings (SSSR count). The van der Waals surface area contributed by atoms with Crippen LogP contribution in [0.2, 0.25) is 0 Å². The van der Waals surface area contributed by atoms with Crippen LogP contribution < -0.4 is 4.90 Å². The van der Waals surface area contributed by atoms with Gasteiger partial charge in [0.1, 0.15) is 6.07 Å². The van der Waals surface area contributed by atoms with Crippen molar-refractivity contribution in [3.8, 4) is 6.07 Å². The van der Waals surface area contributed by atoms with E-state index < -0.39 is 0 Å². The van der Waals surface area contributed by atoms with Gasteiger partial charge >= 0.3 is 0 Å². The summed E-state index contributed by atoms with van der Waals surface area (Å²) >= 11 is 3.13. The van der Waals surface area contributed by atoms with Crippen LogP contribution >= 0.6 is 15.9 Å². The van der Waals surface area contributed by atoms with Gasteiger partial charge in [0.2, 0.25) is 0 Å². The average Bonchev–Trinajstić information content (AvgIpc) is 2.32. The number of rotatable bonds is 1. The third kappa shape index (κ3) is 2.34. The molecule has 0 aromatic heterocycles. The van der Waals surface area contributed by atoms with Crippen molar-refractivity contribution in [3.05, 3.63) is 39.6 Å². The summed E-state index contributed by atoms with van der Waals surface area (Å²) in [5, 5.41) is 8.82. The molecule has 0 spiro atoms. The lowest BCUT2D eigenvalue weighted by Gasteiger charge is -2.28. The standard InChI is InChI=1S/C13H12BrFN2/c1-9-3-2-6-17(8-9)11-5-4-10(7-16)12(14)13(11)15/h3-5H,2,6,8H2,1H3. The summed E-state index contributed by atoms with van der Waals surface area (Å²) < 4.78 is 14.4. The Balaban J connectivity index is 2.38. The van der Waals surface area contributed by atoms with Gasteiger partial charge in [-0.2, -0.15) is 5.26 Å². The minimum absolute atomic E-state index is 0.254. The van der Waals surface area contributed by atoms with E-state index in [0.717, 1.165) is 19.5 Å². The van der Waals surface area contributed by atoms with Crippen LogP contribution in [0.1, 0.15) is 18.9 Å². The third-order valence-corrected chi connectivity index (χ3v) is 3.63. The van der Waals surface area contributed by atoms with Gasteiger partial charge in [0, 0.05) is 13.1 Å². The topological polar surface area (TPSA) is 27.0 Å². The number of halogens is 2. The molecular formula is C13H12BrFN2. The molecule has 1 aromatic carbocycles. The van der Waals surface area contributed by atoms with Crippen molar-refractivity contribution in [2.45, 2.75) is 13.3 Å². The molecule has 1 aromatic rings. The SMILES string of the molecule is CC1=CCCN(c2ccc(C#N)c(Br)c2F)C1. The Morgan fingerprint density at radius 1 is 1.47 bits per heavy atom. The summed E-state index contributed by atoms with van der Waals surface area (Å²) in [6, 6.07) is 5.29. The first-order valence-electron chi connectivity index (χ1n) is 5.42. The molecule has 0 atom stereocenters. The van der Waals surface area contributed by atoms with Gasteiger partial charge in [0.25, 0.3) is 0 Å². The zero-order chi connectivity index (χ0) is 12.4. The van der Waals surface area contributed by atoms with Crippen molar-refractivity contribution < 1.29 is 4.39 Å². The molecule has 0 radical (unpaired) electrons. The molecule has 0 saturated heterocycles. The van der Waals surface area contributed by atoms with E-state index in [2.05, 4.69) is 22.0 Å². The predicted molar refractivity (Wildman–Crippen MR) is 69.4 cm³/mol. The van der Waals surface area contributed by atoms with Gasteiger partial charge in [-0.1, -0.05) is 11.6 Å². The monoisotopic (exact) mass is 294 g/mol. The number of nitriles is 1. The molecule has 1 heterocycles. The van der Waals surface area contributed by atoms with Crippen LogP contribution in [0.4, 0.5) is 10.1 Å². The molecule has 17 heavy (non-hydrogen) atoms. The summed E-state index contributed by atoms with van der Waals surface area (Å²) in [6.45, 7) is 3.60. The van der Waals surface area contributed by atoms with Crippen LogP contribution in [0.3, 0.4) is 0 Å². The molecular weight excluding hydrogens is 283 g/mol. The summed E-state index contributed by atoms with van der Waals surface area (Å²) in [4.78, 5) is 2.00. The van der Waals surface area contributed by atoms with E-state index in [9.17, 15) is 4.39 Å². The molecule has 0 N–H and O–H groups in total. The number of anilines is 1. The lowest BCUT2D eigenvalue weighted by Crippen LogP contribution is -2.30. The second kappa shape index (κ2) is 4.89. The van der Waals surface area contributed by atoms with Gasteiger partial charge in [-0.25, -0.2) is 4.39 Å². The maximum absolute atomic E-state index is 14.1. The normalized spacial score (nSPS) is 15.4. The largest absolute Gasteiger partial charge is 0.365 e. The first-order valence-corrected chi connectivity index (χ1v) is 6.21. The molecule has 88 valence electrons. The fourth-order valence-electron chi connectivity index (χ4n) is 1.99. The van der Waals surface area contributed by atoms with E-state index in [1.807, 2.05) is 17.9 Å². The molecule has 0 amide bonds. The van der Waals surface area contributed by atoms with Crippen LogP contribution in [-0.2, 0) is 0 Å². The second-order valence-electron chi connectivity index (χ2n) is 4.13. The highest BCUT2D eigenvalue weighted by atomic mass is 79.9. The molecule has 2 nitrogen and oxygen atoms in total. The third-order valence-electron chi connectivity index (χ3n) is 2.86. The summed E-state index contributed by atoms with van der Waals surface area (Å²) in [5.41, 5.74) is 2.13. The Morgan fingerprint density at radius 3 is 2.88 bits per heavy atom. The Morgan fingerprint density at radius 2 is 2.24 bits per heavy atom. The van der Waals surface area contributed by atoms with Crippen molar-refractivity contribution in [1.29, 1.82) is 5.26 Å². The van der Waals surface area contributed by atoms with Crippen molar-refractivity contribution >= 4 is 21.6 Å². The molecule has 1 aliphatic heterocycles. The average molecular weight is 295 g/mol. The number of nitrogens with zero attached hydrogens (tertiary/aromatic N) is 2. The van der Waals surface area contributed by atoms with Crippen LogP contribution in [0.5, 0.6) is 0 Å². The van der Waals surface area contributed by atoms with Gasteiger partial charge in [-0.05, 0) is 41.4 Å². The van der Waals surface area contributed by atoms with Crippen LogP contribution in [0, 0.1) is 17.1 Å². The van der Waals surface area contributed by atoms with Crippen LogP contribution in [0.15, 0.2) is 28.3 Å². The molecule has 0 saturated carbocycles. The molecule has 0 unspecified atom stereocenters. The zero-order valence-electron chi connectivity index (χ0n) is 9.50. The molecule has 4 heteroatoms. The van der Waals surface area contributed by atoms with E-state index >= 15 is 0 Å². The fourth-order valence-corrected chi connectivity index (χ4v) is 2.41. The smallest absolute Gasteiger partial charge is 0.161 e. The van der Waals surface area contributed by atoms with Gasteiger partial charge in [-0.15, -0.1) is 0 Å². The lowest BCUT2D eigenvalue weighted by molar-refractivity contribution is 0.610. The van der Waals surface area contributed by atoms with Crippen molar-refractivity contribution in [3.63, 3.8) is 0 Å². The minimum atomic E-state index is -0.348. The fraction of sp³-hybridized carbons (Fsp3) is 0.308. The van der Waals surface area contributed by atoms with E-state index in [1.54, 1.807) is 12.1 Å². The first kappa shape index (κ1) is 12.1. The van der Waals surface area contributed by atoms with E-state index in [0.29, 0.717) is 11.3 Å². The maximum atomic E-state index is 14.1. The highest BCUT2D eigenvalue weighted by molar-refractivity contribution is 9.10. The van der Waals surface area contributed by atoms with Gasteiger partial charge in [-0.3, -0.25) is 0 Å². The molecule has 0 fully saturated rings. The molecule has 0 aliphatic carbocycles. The first-order chi connectivity index (χ1) is 8.13. The Labute approximate surface area is 108 Å². The summed E-state index contributed by atoms with van der Waals surface area (Å²) in [6.07, 6.45) is 3.11. The predicted octanol–water partition coefficient (Wildman–Crippen LogP) is 3.62. The Bertz CT molecular complexity index is 517. The van der Waals surface area contributed by atoms with Crippen molar-refractivity contribution in [1.82, 2.24) is 0 Å². The zero-order valence-corrected chi connectivity index (χ0v) is 11.1. The van der Waals surface area contributed by atoms with Crippen LogP contribution in [0.25, 0.3) is 0 Å². The summed E-state index contributed by atoms with van der Waals surface area (Å²) in [7, 11) is 0. The lowest BCUT2D eigenvalue weighted by atomic mass is 10.1. The molecule has 0 bridgehead atoms. The van der Waals surface area contributed by atoms with Gasteiger partial charge < -0.3 is 4.90 Å². The number of benzene rings is 1. The number of hydrogen-bond donors (Lipinski definition) is 0. The van der Waals surface area contributed by atoms with Gasteiger partial charge in [0.05, 0.1) is 15.7 Å². The number of hydrogen-bond acceptors (Lipinski definition) is 2. The van der Waals surface area contributed by atoms with E-state index in [1.165, 1.54) is 5.57 Å². The van der Waals surface area contributed by atoms with Gasteiger partial charge in [0.15, 0.2) is 5.82 Å². The van der Waals surface area contributed by atoms with Crippen molar-refractivity contribution in [2.24, 2.45) is 0 Å². The van der Waals surface area contributed by atoms with Crippen LogP contribution in [-0.4, -0.2) is 13.1 Å². The summed E-state index contributed by atoms with van der Waals surface area (Å²) in [5.74, 6) is -0.348. The van der Waals surface area contributed by atoms with Crippen molar-refractivity contribution in [2.75, 3.05) is 18.0 Å². The quantitative estimate of drug-likeness (QED) is 0.740. The highest BCUT2D eigenvalue weighted by Crippen LogP contribution is 2.30. The second-order valence-corrected chi connectivity index (χ2v) is 4.93. The Kier molecular flexibility index (Phi) is 3.49. The van der Waals surface area contributed by atoms with E-state index in [4.69, 9.17) is 5.26 Å². The highest BCUT2D eigenvalue weighted by Gasteiger charge is 2.18. The molecule has 1 aliphatic rings.